The van der Waals surface area contributed by atoms with Crippen molar-refractivity contribution in [1.29, 1.82) is 0 Å². The van der Waals surface area contributed by atoms with Crippen LogP contribution in [0.2, 0.25) is 0 Å². The summed E-state index contributed by atoms with van der Waals surface area (Å²) in [4.78, 5) is 21.9. The Morgan fingerprint density at radius 3 is 2.64 bits per heavy atom. The van der Waals surface area contributed by atoms with Crippen molar-refractivity contribution in [2.45, 2.75) is 52.1 Å². The number of rotatable bonds is 6. The Kier molecular flexibility index (Phi) is 8.89. The van der Waals surface area contributed by atoms with Gasteiger partial charge in [0, 0.05) is 45.7 Å². The zero-order valence-corrected chi connectivity index (χ0v) is 27.8. The standard InChI is InChI=1S/C36H35F4N7O3/c1-20-32-26-11-10-25(43-21(2)50-5)16-29(26)44-34(48)35(3,4)14-6-7-27(33(42-20)45-32)31-12-8-22(18-47(31)49)28-15-24(37)9-13-30(28)46-19-23(17-41-46)36(38,39)40/h8-13,15-19,27,43H,2,6-7,14H2,1,3-5H3,(H,42,45)(H,44,48)/t27-/m1/s1. The summed E-state index contributed by atoms with van der Waals surface area (Å²) < 4.78 is 61.3. The first kappa shape index (κ1) is 34.2. The van der Waals surface area contributed by atoms with Gasteiger partial charge in [-0.05, 0) is 68.8 Å². The predicted molar refractivity (Wildman–Crippen MR) is 180 cm³/mol. The Hall–Kier alpha value is -5.66. The number of anilines is 2. The molecule has 6 rings (SSSR count). The number of nitrogens with zero attached hydrogens (tertiary/aromatic N) is 4. The van der Waals surface area contributed by atoms with Crippen LogP contribution in [-0.2, 0) is 15.7 Å². The minimum Gasteiger partial charge on any atom is -0.618 e. The average molecular weight is 690 g/mol. The minimum absolute atomic E-state index is 0.163. The molecule has 0 unspecified atom stereocenters. The Bertz CT molecular complexity index is 2100. The number of methoxy groups -OCH3 is 1. The molecular weight excluding hydrogens is 654 g/mol. The van der Waals surface area contributed by atoms with Gasteiger partial charge in [0.05, 0.1) is 35.9 Å². The second-order valence-corrected chi connectivity index (χ2v) is 12.9. The number of carbonyl (C=O) groups is 1. The summed E-state index contributed by atoms with van der Waals surface area (Å²) in [5, 5.41) is 23.8. The number of amides is 1. The third-order valence-electron chi connectivity index (χ3n) is 8.92. The molecule has 2 aromatic carbocycles. The van der Waals surface area contributed by atoms with Gasteiger partial charge in [-0.25, -0.2) is 14.1 Å². The van der Waals surface area contributed by atoms with Crippen LogP contribution in [0.4, 0.5) is 28.9 Å². The van der Waals surface area contributed by atoms with Crippen molar-refractivity contribution in [3.8, 4) is 28.1 Å². The summed E-state index contributed by atoms with van der Waals surface area (Å²) in [6.45, 7) is 9.39. The van der Waals surface area contributed by atoms with E-state index >= 15 is 0 Å². The van der Waals surface area contributed by atoms with Gasteiger partial charge in [0.1, 0.15) is 17.6 Å². The molecule has 50 heavy (non-hydrogen) atoms. The third kappa shape index (κ3) is 6.78. The van der Waals surface area contributed by atoms with E-state index in [-0.39, 0.29) is 22.7 Å². The van der Waals surface area contributed by atoms with Crippen LogP contribution < -0.4 is 15.4 Å². The van der Waals surface area contributed by atoms with Crippen LogP contribution >= 0.6 is 0 Å². The molecule has 5 aromatic rings. The van der Waals surface area contributed by atoms with Gasteiger partial charge >= 0.3 is 6.18 Å². The summed E-state index contributed by atoms with van der Waals surface area (Å²) in [6.07, 6.45) is -0.309. The molecule has 0 saturated carbocycles. The molecule has 3 aromatic heterocycles. The number of H-pyrrole nitrogens is 1. The summed E-state index contributed by atoms with van der Waals surface area (Å²) in [5.74, 6) is -0.462. The second-order valence-electron chi connectivity index (χ2n) is 12.9. The van der Waals surface area contributed by atoms with Gasteiger partial charge in [-0.2, -0.15) is 23.0 Å². The normalized spacial score (nSPS) is 16.1. The van der Waals surface area contributed by atoms with E-state index in [1.54, 1.807) is 18.2 Å². The van der Waals surface area contributed by atoms with E-state index in [1.165, 1.54) is 19.4 Å². The maximum Gasteiger partial charge on any atom is 0.419 e. The van der Waals surface area contributed by atoms with Crippen LogP contribution in [0.5, 0.6) is 0 Å². The number of nitrogens with one attached hydrogen (secondary N) is 3. The van der Waals surface area contributed by atoms with E-state index < -0.39 is 28.9 Å². The number of aryl methyl sites for hydroxylation is 1. The van der Waals surface area contributed by atoms with E-state index in [0.29, 0.717) is 70.2 Å². The molecule has 1 aliphatic rings. The highest BCUT2D eigenvalue weighted by Crippen LogP contribution is 2.39. The molecule has 14 heteroatoms. The Balaban J connectivity index is 1.42. The highest BCUT2D eigenvalue weighted by molar-refractivity contribution is 5.99. The fourth-order valence-electron chi connectivity index (χ4n) is 6.09. The largest absolute Gasteiger partial charge is 0.618 e. The monoisotopic (exact) mass is 689 g/mol. The zero-order valence-electron chi connectivity index (χ0n) is 27.8. The number of pyridine rings is 1. The van der Waals surface area contributed by atoms with Crippen molar-refractivity contribution in [3.05, 3.63) is 113 Å². The van der Waals surface area contributed by atoms with Crippen molar-refractivity contribution in [2.75, 3.05) is 17.7 Å². The molecule has 1 atom stereocenters. The minimum atomic E-state index is -4.61. The quantitative estimate of drug-likeness (QED) is 0.0723. The van der Waals surface area contributed by atoms with Crippen LogP contribution in [0.1, 0.15) is 61.8 Å². The first-order valence-corrected chi connectivity index (χ1v) is 15.8. The number of hydrogen-bond donors (Lipinski definition) is 3. The zero-order chi connectivity index (χ0) is 36.0. The van der Waals surface area contributed by atoms with Crippen molar-refractivity contribution >= 4 is 17.3 Å². The SMILES string of the molecule is C=C(Nc1ccc2c(c1)NC(=O)C(C)(C)CCC[C@H](c1ccc(-c3cc(F)ccc3-n3cc(C(F)(F)F)cn3)c[n+]1[O-])c1nc-2c(C)[nH]1)OC. The maximum atomic E-state index is 14.5. The van der Waals surface area contributed by atoms with Crippen LogP contribution in [0, 0.1) is 23.4 Å². The maximum absolute atomic E-state index is 14.5. The molecule has 1 amide bonds. The van der Waals surface area contributed by atoms with Gasteiger partial charge in [-0.15, -0.1) is 0 Å². The van der Waals surface area contributed by atoms with E-state index in [1.807, 2.05) is 32.9 Å². The first-order chi connectivity index (χ1) is 23.6. The molecule has 3 N–H and O–H groups in total. The topological polar surface area (TPSA) is 124 Å². The van der Waals surface area contributed by atoms with Crippen molar-refractivity contribution in [3.63, 3.8) is 0 Å². The van der Waals surface area contributed by atoms with E-state index in [9.17, 15) is 27.6 Å². The molecule has 0 spiro atoms. The lowest BCUT2D eigenvalue weighted by atomic mass is 9.83. The Morgan fingerprint density at radius 2 is 1.94 bits per heavy atom. The Labute approximate surface area is 285 Å². The molecular formula is C36H35F4N7O3. The second kappa shape index (κ2) is 13.0. The lowest BCUT2D eigenvalue weighted by molar-refractivity contribution is -0.614. The van der Waals surface area contributed by atoms with Crippen LogP contribution in [0.25, 0.3) is 28.1 Å². The highest BCUT2D eigenvalue weighted by atomic mass is 19.4. The number of benzene rings is 2. The average Bonchev–Trinajstić information content (AvgIpc) is 3.71. The molecule has 1 aliphatic heterocycles. The molecule has 4 heterocycles. The number of ether oxygens (including phenoxy) is 1. The van der Waals surface area contributed by atoms with Gasteiger partial charge in [-0.3, -0.25) is 4.79 Å². The number of hydrogen-bond acceptors (Lipinski definition) is 6. The molecule has 0 fully saturated rings. The summed E-state index contributed by atoms with van der Waals surface area (Å²) >= 11 is 0. The summed E-state index contributed by atoms with van der Waals surface area (Å²) in [7, 11) is 1.49. The summed E-state index contributed by atoms with van der Waals surface area (Å²) in [5.41, 5.74) is 2.40. The van der Waals surface area contributed by atoms with E-state index in [4.69, 9.17) is 9.72 Å². The fraction of sp³-hybridized carbons (Fsp3) is 0.278. The van der Waals surface area contributed by atoms with Crippen LogP contribution in [-0.4, -0.2) is 32.8 Å². The molecule has 0 radical (unpaired) electrons. The number of alkyl halides is 3. The number of aromatic amines is 1. The first-order valence-electron chi connectivity index (χ1n) is 15.8. The van der Waals surface area contributed by atoms with Gasteiger partial charge in [0.15, 0.2) is 12.1 Å². The highest BCUT2D eigenvalue weighted by Gasteiger charge is 2.34. The lowest BCUT2D eigenvalue weighted by Crippen LogP contribution is -2.34. The van der Waals surface area contributed by atoms with Crippen LogP contribution in [0.3, 0.4) is 0 Å². The number of imidazole rings is 1. The summed E-state index contributed by atoms with van der Waals surface area (Å²) in [6, 6.07) is 12.2. The van der Waals surface area contributed by atoms with Gasteiger partial charge < -0.3 is 25.6 Å². The predicted octanol–water partition coefficient (Wildman–Crippen LogP) is 7.84. The van der Waals surface area contributed by atoms with E-state index in [2.05, 4.69) is 27.3 Å². The number of fused-ring (bicyclic) bond motifs is 4. The molecule has 260 valence electrons. The molecule has 0 aliphatic carbocycles. The molecule has 10 nitrogen and oxygen atoms in total. The molecule has 2 bridgehead atoms. The van der Waals surface area contributed by atoms with E-state index in [0.717, 1.165) is 28.7 Å². The third-order valence-corrected chi connectivity index (χ3v) is 8.92. The number of halogens is 4. The lowest BCUT2D eigenvalue weighted by Gasteiger charge is -2.26. The van der Waals surface area contributed by atoms with Crippen molar-refractivity contribution in [2.24, 2.45) is 5.41 Å². The van der Waals surface area contributed by atoms with Crippen LogP contribution in [0.15, 0.2) is 79.6 Å². The fourth-order valence-corrected chi connectivity index (χ4v) is 6.09. The smallest absolute Gasteiger partial charge is 0.419 e. The van der Waals surface area contributed by atoms with Crippen molar-refractivity contribution < 1.29 is 31.8 Å². The Morgan fingerprint density at radius 1 is 1.16 bits per heavy atom. The van der Waals surface area contributed by atoms with Crippen molar-refractivity contribution in [1.82, 2.24) is 19.7 Å². The number of aromatic nitrogens is 5. The number of carbonyl (C=O) groups excluding carboxylic acids is 1. The van der Waals surface area contributed by atoms with Gasteiger partial charge in [0.2, 0.25) is 11.6 Å². The van der Waals surface area contributed by atoms with Gasteiger partial charge in [0.25, 0.3) is 0 Å². The molecule has 0 saturated heterocycles. The van der Waals surface area contributed by atoms with Gasteiger partial charge in [-0.1, -0.05) is 20.3 Å².